The maximum Gasteiger partial charge on any atom is 0.305 e. The van der Waals surface area contributed by atoms with E-state index in [4.69, 9.17) is 9.68 Å². The molecule has 0 amide bonds. The van der Waals surface area contributed by atoms with E-state index in [1.165, 1.54) is 31.4 Å². The van der Waals surface area contributed by atoms with Crippen molar-refractivity contribution in [3.63, 3.8) is 0 Å². The van der Waals surface area contributed by atoms with Gasteiger partial charge in [-0.15, -0.1) is 0 Å². The van der Waals surface area contributed by atoms with Crippen molar-refractivity contribution in [3.05, 3.63) is 64.9 Å². The van der Waals surface area contributed by atoms with Crippen LogP contribution in [0.5, 0.6) is 5.75 Å². The Balaban J connectivity index is 2.12. The van der Waals surface area contributed by atoms with Gasteiger partial charge in [0, 0.05) is 17.4 Å². The van der Waals surface area contributed by atoms with Crippen LogP contribution in [0.15, 0.2) is 46.9 Å². The normalized spacial score (nSPS) is 10.5. The van der Waals surface area contributed by atoms with Crippen LogP contribution in [0.1, 0.15) is 33.7 Å². The summed E-state index contributed by atoms with van der Waals surface area (Å²) in [4.78, 5) is 24.5. The average Bonchev–Trinajstić information content (AvgIpc) is 3.03. The number of ketones is 1. The van der Waals surface area contributed by atoms with Crippen LogP contribution in [0.25, 0.3) is 11.0 Å². The molecule has 0 radical (unpaired) electrons. The van der Waals surface area contributed by atoms with E-state index in [0.29, 0.717) is 33.4 Å². The third kappa shape index (κ3) is 3.28. The summed E-state index contributed by atoms with van der Waals surface area (Å²) in [6.45, 7) is 0. The minimum atomic E-state index is -0.411. The maximum absolute atomic E-state index is 13.0. The number of rotatable bonds is 5. The van der Waals surface area contributed by atoms with Crippen molar-refractivity contribution >= 4 is 22.7 Å². The van der Waals surface area contributed by atoms with Crippen LogP contribution in [-0.4, -0.2) is 24.0 Å². The first-order valence-corrected chi connectivity index (χ1v) is 7.89. The molecule has 0 spiro atoms. The lowest BCUT2D eigenvalue weighted by Crippen LogP contribution is -2.06. The maximum atomic E-state index is 13.0. The third-order valence-electron chi connectivity index (χ3n) is 4.03. The number of fused-ring (bicyclic) bond motifs is 1. The number of carbonyl (C=O) groups is 2. The van der Waals surface area contributed by atoms with Crippen LogP contribution in [-0.2, 0) is 16.0 Å². The number of esters is 1. The van der Waals surface area contributed by atoms with E-state index in [2.05, 4.69) is 4.74 Å². The zero-order valence-corrected chi connectivity index (χ0v) is 14.0. The minimum Gasteiger partial charge on any atom is -0.508 e. The summed E-state index contributed by atoms with van der Waals surface area (Å²) in [6.07, 6.45) is 0.264. The molecule has 3 rings (SSSR count). The summed E-state index contributed by atoms with van der Waals surface area (Å²) in [5, 5.41) is 19.1. The number of benzene rings is 2. The second-order valence-electron chi connectivity index (χ2n) is 5.68. The van der Waals surface area contributed by atoms with E-state index in [0.717, 1.165) is 0 Å². The number of aromatic hydroxyl groups is 1. The number of methoxy groups -OCH3 is 1. The monoisotopic (exact) mass is 349 g/mol. The summed E-state index contributed by atoms with van der Waals surface area (Å²) in [5.41, 5.74) is 1.54. The molecule has 0 bridgehead atoms. The Morgan fingerprint density at radius 1 is 1.19 bits per heavy atom. The van der Waals surface area contributed by atoms with Crippen molar-refractivity contribution in [2.45, 2.75) is 12.8 Å². The van der Waals surface area contributed by atoms with Gasteiger partial charge in [0.1, 0.15) is 17.1 Å². The fourth-order valence-electron chi connectivity index (χ4n) is 2.72. The van der Waals surface area contributed by atoms with Gasteiger partial charge in [0.2, 0.25) is 0 Å². The van der Waals surface area contributed by atoms with E-state index in [9.17, 15) is 14.7 Å². The van der Waals surface area contributed by atoms with Crippen LogP contribution < -0.4 is 0 Å². The predicted octanol–water partition coefficient (Wildman–Crippen LogP) is 3.35. The Bertz CT molecular complexity index is 1020. The summed E-state index contributed by atoms with van der Waals surface area (Å²) in [6, 6.07) is 12.7. The molecule has 0 atom stereocenters. The zero-order chi connectivity index (χ0) is 18.7. The first kappa shape index (κ1) is 17.2. The highest BCUT2D eigenvalue weighted by molar-refractivity contribution is 6.17. The van der Waals surface area contributed by atoms with Crippen molar-refractivity contribution in [1.29, 1.82) is 5.26 Å². The van der Waals surface area contributed by atoms with Gasteiger partial charge in [0.05, 0.1) is 30.7 Å². The molecule has 2 aromatic carbocycles. The van der Waals surface area contributed by atoms with Crippen LogP contribution in [0.3, 0.4) is 0 Å². The number of phenols is 1. The molecule has 0 fully saturated rings. The van der Waals surface area contributed by atoms with Gasteiger partial charge in [-0.25, -0.2) is 0 Å². The van der Waals surface area contributed by atoms with Crippen LogP contribution in [0.2, 0.25) is 0 Å². The van der Waals surface area contributed by atoms with Crippen molar-refractivity contribution in [3.8, 4) is 11.8 Å². The summed E-state index contributed by atoms with van der Waals surface area (Å²) in [7, 11) is 1.29. The Hall–Kier alpha value is -3.59. The van der Waals surface area contributed by atoms with Crippen molar-refractivity contribution < 1.29 is 23.8 Å². The molecule has 0 aliphatic carbocycles. The summed E-state index contributed by atoms with van der Waals surface area (Å²) >= 11 is 0. The fourth-order valence-corrected chi connectivity index (χ4v) is 2.72. The number of hydrogen-bond donors (Lipinski definition) is 1. The zero-order valence-electron chi connectivity index (χ0n) is 14.0. The number of nitriles is 1. The number of nitrogens with zero attached hydrogens (tertiary/aromatic N) is 1. The first-order chi connectivity index (χ1) is 12.5. The van der Waals surface area contributed by atoms with Crippen LogP contribution in [0.4, 0.5) is 0 Å². The molecule has 3 aromatic rings. The van der Waals surface area contributed by atoms with Gasteiger partial charge in [-0.1, -0.05) is 0 Å². The number of ether oxygens (including phenoxy) is 1. The number of phenolic OH excluding ortho intramolecular Hbond substituents is 1. The quantitative estimate of drug-likeness (QED) is 0.560. The molecule has 6 heteroatoms. The van der Waals surface area contributed by atoms with Crippen LogP contribution >= 0.6 is 0 Å². The molecule has 1 heterocycles. The molecule has 0 saturated carbocycles. The second kappa shape index (κ2) is 7.11. The molecular weight excluding hydrogens is 334 g/mol. The standard InChI is InChI=1S/C20H15NO5/c1-25-18(23)9-8-17-19(20(24)13-3-5-14(22)6-4-13)15-10-12(11-21)2-7-16(15)26-17/h2-7,10,22H,8-9H2,1H3. The molecular formula is C20H15NO5. The first-order valence-electron chi connectivity index (χ1n) is 7.89. The van der Waals surface area contributed by atoms with Gasteiger partial charge in [-0.05, 0) is 42.5 Å². The Kier molecular flexibility index (Phi) is 4.72. The Labute approximate surface area is 149 Å². The van der Waals surface area contributed by atoms with E-state index in [-0.39, 0.29) is 24.4 Å². The molecule has 130 valence electrons. The van der Waals surface area contributed by atoms with Crippen molar-refractivity contribution in [2.24, 2.45) is 0 Å². The highest BCUT2D eigenvalue weighted by Gasteiger charge is 2.23. The van der Waals surface area contributed by atoms with E-state index >= 15 is 0 Å². The lowest BCUT2D eigenvalue weighted by atomic mass is 9.98. The lowest BCUT2D eigenvalue weighted by molar-refractivity contribution is -0.140. The van der Waals surface area contributed by atoms with E-state index in [1.807, 2.05) is 6.07 Å². The number of hydrogen-bond acceptors (Lipinski definition) is 6. The van der Waals surface area contributed by atoms with Gasteiger partial charge >= 0.3 is 5.97 Å². The lowest BCUT2D eigenvalue weighted by Gasteiger charge is -2.04. The van der Waals surface area contributed by atoms with Gasteiger partial charge in [-0.2, -0.15) is 5.26 Å². The summed E-state index contributed by atoms with van der Waals surface area (Å²) in [5.74, 6) is -0.306. The largest absolute Gasteiger partial charge is 0.508 e. The van der Waals surface area contributed by atoms with Crippen molar-refractivity contribution in [2.75, 3.05) is 7.11 Å². The SMILES string of the molecule is COC(=O)CCc1oc2ccc(C#N)cc2c1C(=O)c1ccc(O)cc1. The number of aryl methyl sites for hydroxylation is 1. The Morgan fingerprint density at radius 3 is 2.58 bits per heavy atom. The third-order valence-corrected chi connectivity index (χ3v) is 4.03. The molecule has 0 aliphatic rings. The van der Waals surface area contributed by atoms with Crippen molar-refractivity contribution in [1.82, 2.24) is 0 Å². The van der Waals surface area contributed by atoms with Gasteiger partial charge in [-0.3, -0.25) is 9.59 Å². The molecule has 0 saturated heterocycles. The molecule has 0 unspecified atom stereocenters. The fraction of sp³-hybridized carbons (Fsp3) is 0.150. The molecule has 6 nitrogen and oxygen atoms in total. The van der Waals surface area contributed by atoms with Gasteiger partial charge in [0.25, 0.3) is 0 Å². The predicted molar refractivity (Wildman–Crippen MR) is 92.8 cm³/mol. The number of furan rings is 1. The van der Waals surface area contributed by atoms with Crippen LogP contribution in [0, 0.1) is 11.3 Å². The van der Waals surface area contributed by atoms with E-state index in [1.54, 1.807) is 18.2 Å². The highest BCUT2D eigenvalue weighted by Crippen LogP contribution is 2.30. The second-order valence-corrected chi connectivity index (χ2v) is 5.68. The minimum absolute atomic E-state index is 0.0521. The Morgan fingerprint density at radius 2 is 1.92 bits per heavy atom. The molecule has 0 aliphatic heterocycles. The smallest absolute Gasteiger partial charge is 0.305 e. The van der Waals surface area contributed by atoms with Gasteiger partial charge in [0.15, 0.2) is 5.78 Å². The molecule has 1 N–H and O–H groups in total. The highest BCUT2D eigenvalue weighted by atomic mass is 16.5. The average molecular weight is 349 g/mol. The topological polar surface area (TPSA) is 101 Å². The van der Waals surface area contributed by atoms with Gasteiger partial charge < -0.3 is 14.3 Å². The summed E-state index contributed by atoms with van der Waals surface area (Å²) < 4.78 is 10.4. The molecule has 26 heavy (non-hydrogen) atoms. The number of carbonyl (C=O) groups excluding carboxylic acids is 2. The van der Waals surface area contributed by atoms with E-state index < -0.39 is 5.97 Å². The molecule has 1 aromatic heterocycles.